The molecule has 7 heteroatoms. The summed E-state index contributed by atoms with van der Waals surface area (Å²) >= 11 is 8.48. The minimum Gasteiger partial charge on any atom is -0.288 e. The minimum atomic E-state index is -0.476. The van der Waals surface area contributed by atoms with E-state index in [1.807, 2.05) is 13.0 Å². The summed E-state index contributed by atoms with van der Waals surface area (Å²) in [6.45, 7) is 1.89. The fraction of sp³-hybridized carbons (Fsp3) is 0.0833. The van der Waals surface area contributed by atoms with Crippen LogP contribution in [-0.2, 0) is 0 Å². The highest BCUT2D eigenvalue weighted by Gasteiger charge is 2.18. The van der Waals surface area contributed by atoms with Gasteiger partial charge in [-0.15, -0.1) is 11.3 Å². The number of benzene rings is 1. The fourth-order valence-corrected chi connectivity index (χ4v) is 4.57. The Balaban J connectivity index is 2.56. The smallest absolute Gasteiger partial charge is 0.288 e. The molecule has 4 nitrogen and oxygen atoms in total. The Labute approximate surface area is 120 Å². The van der Waals surface area contributed by atoms with Gasteiger partial charge in [0.1, 0.15) is 0 Å². The van der Waals surface area contributed by atoms with Gasteiger partial charge in [-0.05, 0) is 18.6 Å². The summed E-state index contributed by atoms with van der Waals surface area (Å²) in [7, 11) is 0. The average molecular weight is 312 g/mol. The summed E-state index contributed by atoms with van der Waals surface area (Å²) in [4.78, 5) is 22.7. The summed E-state index contributed by atoms with van der Waals surface area (Å²) < 4.78 is 1.45. The highest BCUT2D eigenvalue weighted by molar-refractivity contribution is 7.42. The number of thiophene rings is 1. The molecule has 0 aliphatic heterocycles. The summed E-state index contributed by atoms with van der Waals surface area (Å²) in [6, 6.07) is 4.85. The standard InChI is InChI=1S/C12H6ClNO3S2/c1-5-2-3-7(13)9-10(15)6-4-8(14(16)17)18-12(6)19-11(5)9/h2-4H,1H3. The third-order valence-electron chi connectivity index (χ3n) is 2.84. The Morgan fingerprint density at radius 2 is 2.05 bits per heavy atom. The third-order valence-corrected chi connectivity index (χ3v) is 5.67. The van der Waals surface area contributed by atoms with Crippen LogP contribution in [-0.4, -0.2) is 4.92 Å². The molecule has 0 saturated carbocycles. The number of fused-ring (bicyclic) bond motifs is 2. The van der Waals surface area contributed by atoms with Crippen molar-refractivity contribution in [3.05, 3.63) is 49.1 Å². The van der Waals surface area contributed by atoms with Crippen molar-refractivity contribution in [3.63, 3.8) is 0 Å². The molecule has 0 atom stereocenters. The maximum Gasteiger partial charge on any atom is 0.326 e. The molecular formula is C12H6ClNO3S2. The second kappa shape index (κ2) is 4.26. The number of aryl methyl sites for hydroxylation is 1. The molecule has 0 aliphatic carbocycles. The maximum atomic E-state index is 12.4. The molecule has 0 aliphatic rings. The number of rotatable bonds is 1. The molecule has 0 bridgehead atoms. The number of hydrogen-bond donors (Lipinski definition) is 0. The summed E-state index contributed by atoms with van der Waals surface area (Å²) in [5.41, 5.74) is 0.709. The zero-order valence-electron chi connectivity index (χ0n) is 9.60. The van der Waals surface area contributed by atoms with Crippen molar-refractivity contribution in [3.8, 4) is 0 Å². The SMILES string of the molecule is Cc1ccc(Cl)c2c(=O)c3cc([N+](=O)[O-])sc3sc12. The van der Waals surface area contributed by atoms with Crippen LogP contribution in [0.3, 0.4) is 0 Å². The molecule has 2 aromatic heterocycles. The number of nitro groups is 1. The van der Waals surface area contributed by atoms with Gasteiger partial charge in [0.05, 0.1) is 24.7 Å². The Kier molecular flexibility index (Phi) is 2.81. The largest absolute Gasteiger partial charge is 0.326 e. The van der Waals surface area contributed by atoms with Crippen LogP contribution in [0.1, 0.15) is 5.56 Å². The molecule has 0 radical (unpaired) electrons. The van der Waals surface area contributed by atoms with Gasteiger partial charge in [-0.25, -0.2) is 0 Å². The van der Waals surface area contributed by atoms with Crippen molar-refractivity contribution < 1.29 is 4.92 Å². The molecule has 0 amide bonds. The lowest BCUT2D eigenvalue weighted by Crippen LogP contribution is -2.00. The van der Waals surface area contributed by atoms with E-state index < -0.39 is 4.92 Å². The first-order valence-electron chi connectivity index (χ1n) is 5.29. The van der Waals surface area contributed by atoms with Gasteiger partial charge in [-0.2, -0.15) is 0 Å². The molecule has 0 unspecified atom stereocenters. The van der Waals surface area contributed by atoms with Crippen LogP contribution in [0.25, 0.3) is 19.5 Å². The topological polar surface area (TPSA) is 60.2 Å². The molecule has 0 saturated heterocycles. The zero-order valence-corrected chi connectivity index (χ0v) is 12.0. The average Bonchev–Trinajstić information content (AvgIpc) is 2.78. The van der Waals surface area contributed by atoms with Crippen LogP contribution < -0.4 is 5.43 Å². The molecule has 3 rings (SSSR count). The van der Waals surface area contributed by atoms with Crippen LogP contribution in [0, 0.1) is 17.0 Å². The molecule has 1 aromatic carbocycles. The lowest BCUT2D eigenvalue weighted by Gasteiger charge is -2.02. The molecule has 0 spiro atoms. The van der Waals surface area contributed by atoms with Crippen LogP contribution in [0.5, 0.6) is 0 Å². The van der Waals surface area contributed by atoms with Gasteiger partial charge in [-0.1, -0.05) is 29.0 Å². The Morgan fingerprint density at radius 1 is 1.32 bits per heavy atom. The van der Waals surface area contributed by atoms with E-state index in [9.17, 15) is 14.9 Å². The number of hydrogen-bond acceptors (Lipinski definition) is 5. The quantitative estimate of drug-likeness (QED) is 0.496. The number of nitrogens with zero attached hydrogens (tertiary/aromatic N) is 1. The van der Waals surface area contributed by atoms with Gasteiger partial charge in [0.15, 0.2) is 5.43 Å². The summed E-state index contributed by atoms with van der Waals surface area (Å²) in [5, 5.41) is 12.0. The van der Waals surface area contributed by atoms with E-state index in [0.29, 0.717) is 19.8 Å². The van der Waals surface area contributed by atoms with Crippen LogP contribution in [0.4, 0.5) is 5.00 Å². The highest BCUT2D eigenvalue weighted by Crippen LogP contribution is 2.37. The van der Waals surface area contributed by atoms with Crippen molar-refractivity contribution in [2.75, 3.05) is 0 Å². The predicted octanol–water partition coefficient (Wildman–Crippen LogP) is 4.35. The Hall–Kier alpha value is -1.50. The normalized spacial score (nSPS) is 11.3. The second-order valence-electron chi connectivity index (χ2n) is 4.04. The van der Waals surface area contributed by atoms with Gasteiger partial charge in [0, 0.05) is 10.8 Å². The molecule has 19 heavy (non-hydrogen) atoms. The van der Waals surface area contributed by atoms with Crippen LogP contribution in [0.2, 0.25) is 5.02 Å². The Morgan fingerprint density at radius 3 is 2.74 bits per heavy atom. The van der Waals surface area contributed by atoms with E-state index in [4.69, 9.17) is 11.6 Å². The van der Waals surface area contributed by atoms with Crippen molar-refractivity contribution in [2.45, 2.75) is 6.92 Å². The molecule has 3 aromatic rings. The molecule has 96 valence electrons. The van der Waals surface area contributed by atoms with Gasteiger partial charge in [-0.3, -0.25) is 14.9 Å². The van der Waals surface area contributed by atoms with E-state index in [-0.39, 0.29) is 10.4 Å². The first kappa shape index (κ1) is 12.5. The van der Waals surface area contributed by atoms with Crippen LogP contribution in [0.15, 0.2) is 23.0 Å². The monoisotopic (exact) mass is 311 g/mol. The van der Waals surface area contributed by atoms with E-state index >= 15 is 0 Å². The molecule has 0 N–H and O–H groups in total. The maximum absolute atomic E-state index is 12.4. The van der Waals surface area contributed by atoms with E-state index in [1.54, 1.807) is 6.07 Å². The second-order valence-corrected chi connectivity index (χ2v) is 6.76. The third kappa shape index (κ3) is 1.83. The zero-order chi connectivity index (χ0) is 13.7. The van der Waals surface area contributed by atoms with E-state index in [0.717, 1.165) is 21.6 Å². The van der Waals surface area contributed by atoms with E-state index in [1.165, 1.54) is 17.4 Å². The highest BCUT2D eigenvalue weighted by atomic mass is 35.5. The van der Waals surface area contributed by atoms with Gasteiger partial charge in [0.2, 0.25) is 0 Å². The van der Waals surface area contributed by atoms with Crippen molar-refractivity contribution in [1.82, 2.24) is 0 Å². The first-order valence-corrected chi connectivity index (χ1v) is 7.30. The summed E-state index contributed by atoms with van der Waals surface area (Å²) in [5.74, 6) is 0. The number of halogens is 1. The van der Waals surface area contributed by atoms with Crippen molar-refractivity contribution in [2.24, 2.45) is 0 Å². The lowest BCUT2D eigenvalue weighted by molar-refractivity contribution is -0.380. The molecular weight excluding hydrogens is 306 g/mol. The van der Waals surface area contributed by atoms with Crippen molar-refractivity contribution >= 4 is 58.8 Å². The lowest BCUT2D eigenvalue weighted by atomic mass is 10.1. The Bertz CT molecular complexity index is 897. The van der Waals surface area contributed by atoms with Crippen LogP contribution >= 0.6 is 34.3 Å². The van der Waals surface area contributed by atoms with Gasteiger partial charge in [0.25, 0.3) is 0 Å². The summed E-state index contributed by atoms with van der Waals surface area (Å²) in [6.07, 6.45) is 0. The van der Waals surface area contributed by atoms with Gasteiger partial charge >= 0.3 is 5.00 Å². The molecule has 0 fully saturated rings. The first-order chi connectivity index (χ1) is 8.99. The predicted molar refractivity (Wildman–Crippen MR) is 79.9 cm³/mol. The minimum absolute atomic E-state index is 0.0209. The van der Waals surface area contributed by atoms with Crippen molar-refractivity contribution in [1.29, 1.82) is 0 Å². The van der Waals surface area contributed by atoms with Gasteiger partial charge < -0.3 is 0 Å². The molecule has 2 heterocycles. The van der Waals surface area contributed by atoms with E-state index in [2.05, 4.69) is 0 Å². The fourth-order valence-electron chi connectivity index (χ4n) is 1.92.